The van der Waals surface area contributed by atoms with Crippen molar-refractivity contribution < 1.29 is 359 Å². The third-order valence-electron chi connectivity index (χ3n) is 14.2. The number of hydrogen-bond donors (Lipinski definition) is 6. The minimum atomic E-state index is -5.63. The number of allylic oxidation sites excluding steroid dienone is 4. The van der Waals surface area contributed by atoms with Crippen LogP contribution in [0, 0.1) is 0 Å². The maximum atomic E-state index is 14.0. The number of carbonyl (C=O) groups is 4. The van der Waals surface area contributed by atoms with Gasteiger partial charge in [0.25, 0.3) is 0 Å². The first kappa shape index (κ1) is 102. The van der Waals surface area contributed by atoms with Crippen molar-refractivity contribution >= 4 is 198 Å². The molecule has 0 spiro atoms. The summed E-state index contributed by atoms with van der Waals surface area (Å²) < 4.78 is 295. The largest absolute Gasteiger partial charge is 1.00 e. The molecule has 0 unspecified atom stereocenters. The fourth-order valence-electron chi connectivity index (χ4n) is 9.80. The van der Waals surface area contributed by atoms with Gasteiger partial charge in [-0.25, -0.2) is 67.3 Å². The molecule has 0 aromatic heterocycles. The molecule has 54 heteroatoms. The number of fused-ring (bicyclic) bond motifs is 4. The normalized spacial score (nSPS) is 15.8. The van der Waals surface area contributed by atoms with Gasteiger partial charge < -0.3 is 47.9 Å². The van der Waals surface area contributed by atoms with Gasteiger partial charge in [0, 0.05) is 22.5 Å². The smallest absolute Gasteiger partial charge is 0.744 e. The van der Waals surface area contributed by atoms with Gasteiger partial charge >= 0.3 is 236 Å². The predicted octanol–water partition coefficient (Wildman–Crippen LogP) is -23.1. The van der Waals surface area contributed by atoms with E-state index in [-0.39, 0.29) is 259 Å². The number of hydrazone groups is 4. The molecule has 0 saturated heterocycles. The van der Waals surface area contributed by atoms with Crippen LogP contribution in [0.2, 0.25) is 0 Å². The third kappa shape index (κ3) is 22.8. The quantitative estimate of drug-likeness (QED) is 0.0153. The van der Waals surface area contributed by atoms with Crippen LogP contribution in [0.1, 0.15) is 74.8 Å². The topological polar surface area (TPSA) is 675 Å². The average molecular weight is 1710 g/mol. The first-order valence-corrected chi connectivity index (χ1v) is 37.6. The molecule has 0 aliphatic heterocycles. The number of carbonyl (C=O) groups excluding carboxylic acids is 4. The molecule has 4 aliphatic rings. The molecule has 10 rings (SSSR count). The van der Waals surface area contributed by atoms with E-state index in [0.29, 0.717) is 60.7 Å². The summed E-state index contributed by atoms with van der Waals surface area (Å²) in [6.45, 7) is 0. The number of rotatable bonds is 18. The second kappa shape index (κ2) is 38.0. The van der Waals surface area contributed by atoms with E-state index in [1.165, 1.54) is 0 Å². The van der Waals surface area contributed by atoms with E-state index in [0.717, 1.165) is 72.8 Å². The Morgan fingerprint density at radius 2 is 0.546 bits per heavy atom. The van der Waals surface area contributed by atoms with Crippen molar-refractivity contribution in [2.45, 2.75) is 19.6 Å². The summed E-state index contributed by atoms with van der Waals surface area (Å²) in [4.78, 5) is 45.5. The van der Waals surface area contributed by atoms with Crippen molar-refractivity contribution in [1.29, 1.82) is 0 Å². The van der Waals surface area contributed by atoms with Crippen molar-refractivity contribution in [2.75, 3.05) is 33.2 Å². The van der Waals surface area contributed by atoms with Gasteiger partial charge in [-0.15, -0.1) is 0 Å². The molecule has 6 aromatic carbocycles. The van der Waals surface area contributed by atoms with Gasteiger partial charge in [0.05, 0.1) is 73.1 Å². The van der Waals surface area contributed by atoms with Gasteiger partial charge in [0.2, 0.25) is 23.1 Å². The Labute approximate surface area is 789 Å². The minimum Gasteiger partial charge on any atom is -0.744 e. The first-order chi connectivity index (χ1) is 46.1. The Kier molecular flexibility index (Phi) is 35.8. The molecule has 4 aliphatic carbocycles. The molecule has 0 amide bonds. The van der Waals surface area contributed by atoms with Crippen LogP contribution in [-0.2, 0) is 80.9 Å². The summed E-state index contributed by atoms with van der Waals surface area (Å²) in [5, 5.41) is 14.7. The molecule has 0 atom stereocenters. The fourth-order valence-corrected chi connectivity index (χ4v) is 14.9. The van der Waals surface area contributed by atoms with E-state index in [4.69, 9.17) is 11.5 Å². The first-order valence-electron chi connectivity index (χ1n) is 26.3. The van der Waals surface area contributed by atoms with Crippen molar-refractivity contribution in [3.05, 3.63) is 172 Å². The Balaban J connectivity index is 0.00000495. The van der Waals surface area contributed by atoms with Gasteiger partial charge in [-0.2, -0.15) is 20.4 Å². The molecule has 0 radical (unpaired) electrons. The zero-order valence-electron chi connectivity index (χ0n) is 56.3. The molecule has 0 fully saturated rings. The molecule has 0 heterocycles. The number of benzene rings is 6. The molecule has 0 saturated carbocycles. The monoisotopic (exact) mass is 1710 g/mol. The zero-order valence-corrected chi connectivity index (χ0v) is 78.9. The fraction of sp³-hybridized carbons (Fsp3) is 0. The molecule has 6 aromatic rings. The van der Waals surface area contributed by atoms with Crippen molar-refractivity contribution in [3.63, 3.8) is 0 Å². The summed E-state index contributed by atoms with van der Waals surface area (Å²) in [5.41, 5.74) is 7.87. The van der Waals surface area contributed by atoms with E-state index < -0.39 is 233 Å². The Morgan fingerprint density at radius 3 is 0.806 bits per heavy atom. The van der Waals surface area contributed by atoms with Gasteiger partial charge in [0.1, 0.15) is 104 Å². The summed E-state index contributed by atoms with van der Waals surface area (Å²) >= 11 is 0. The van der Waals surface area contributed by atoms with Crippen LogP contribution >= 0.6 is 0 Å². The number of ketones is 4. The van der Waals surface area contributed by atoms with Crippen LogP contribution < -0.4 is 270 Å². The maximum Gasteiger partial charge on any atom is 1.00 e. The second-order valence-corrected chi connectivity index (χ2v) is 31.5. The summed E-state index contributed by atoms with van der Waals surface area (Å²) in [5.74, 6) is -5.46. The summed E-state index contributed by atoms with van der Waals surface area (Å²) in [6, 6.07) is 13.1. The third-order valence-corrected chi connectivity index (χ3v) is 21.0. The van der Waals surface area contributed by atoms with Gasteiger partial charge in [-0.3, -0.25) is 40.9 Å². The second-order valence-electron chi connectivity index (χ2n) is 20.7. The predicted molar refractivity (Wildman–Crippen MR) is 341 cm³/mol. The number of Topliss-reactive ketones (excluding diaryl/α,β-unsaturated/α-hetero) is 4. The number of nitrogens with two attached hydrogens (primary N) is 2. The Hall–Kier alpha value is -2.54. The van der Waals surface area contributed by atoms with Crippen molar-refractivity contribution in [2.24, 2.45) is 20.4 Å². The van der Waals surface area contributed by atoms with E-state index in [1.54, 1.807) is 0 Å². The van der Waals surface area contributed by atoms with Crippen LogP contribution in [0.3, 0.4) is 0 Å². The number of nitrogens with one attached hydrogen (secondary N) is 4. The van der Waals surface area contributed by atoms with E-state index in [1.807, 2.05) is 0 Å². The van der Waals surface area contributed by atoms with Crippen molar-refractivity contribution in [1.82, 2.24) is 0 Å². The molecule has 108 heavy (non-hydrogen) atoms. The minimum absolute atomic E-state index is 0. The molecule has 0 bridgehead atoms. The van der Waals surface area contributed by atoms with Crippen LogP contribution in [-0.4, -0.2) is 150 Å². The van der Waals surface area contributed by atoms with E-state index >= 15 is 0 Å². The van der Waals surface area contributed by atoms with Crippen molar-refractivity contribution in [3.8, 4) is 0 Å². The van der Waals surface area contributed by atoms with Crippen LogP contribution in [0.25, 0.3) is 36.5 Å². The SMILES string of the molecule is Nc1cc(S(=O)(=O)[O-])cc2c1C(=O)C(=NNc1ccc3c(c1)C(=O)C(=NNc1ccc(C=Cc4ccc(NN=C5C(=O)c6cc(NN=C7C(=O)c8c(N)cc(S(=O)(=O)[O-])cc8C=C7S(=O)(=O)[O-])ccc6C=C5S(=O)(=O)[O-])cc4S(=O)(=O)[O-])c(S(=O)(=O)[O-])c1)C(S(=O)(=O)[O-])=C3)C(S(=O)(=O)[O-])=C2.[Na+].[Na+].[Na+].[Na+].[Na+].[Na+].[Na+].[Na+]. The number of anilines is 6. The average Bonchev–Trinajstić information content (AvgIpc) is 0.755. The molecule has 8 N–H and O–H groups in total. The van der Waals surface area contributed by atoms with Crippen LogP contribution in [0.15, 0.2) is 157 Å². The summed E-state index contributed by atoms with van der Waals surface area (Å²) in [6.07, 6.45) is 3.97. The number of nitrogen functional groups attached to an aromatic ring is 2. The summed E-state index contributed by atoms with van der Waals surface area (Å²) in [7, 11) is -44.2. The standard InChI is InChI=1S/C54H38N10O28S8.8Na/c55-37-21-33(93(69,70)71)11-27-15-43(99(87,88)89)49(53(67)45(27)37)63-57-29-9-5-25-13-41(97(81,82)83)47(51(65)35(25)17-29)61-59-31-7-3-23(39(19-31)95(75,76)77)1-2-24-4-8-32(20-40(24)96(78,79)80)60-62-48-42(98(84,85)86)14-26-6-10-30(18-36(26)52(48)66)58-64-50-44(100(90,91)92)16-28-12-34(94(72,73)74)22-38(56)46(28)54(50)68;;;;;;;;/h1-22,57-60H,55-56H2,(H,69,70,71)(H,72,73,74)(H,75,76,77)(H,78,79,80)(H,81,82,83)(H,84,85,86)(H,87,88,89)(H,90,91,92);;;;;;;;/q;8*+1/p-8. The Morgan fingerprint density at radius 1 is 0.296 bits per heavy atom. The van der Waals surface area contributed by atoms with E-state index in [2.05, 4.69) is 42.1 Å². The zero-order chi connectivity index (χ0) is 73.7. The Bertz CT molecular complexity index is 5790. The molecular formula is C54H30N10Na8O28S8. The van der Waals surface area contributed by atoms with Crippen LogP contribution in [0.5, 0.6) is 0 Å². The molecular weight excluding hydrogens is 1680 g/mol. The van der Waals surface area contributed by atoms with Gasteiger partial charge in [-0.05, 0) is 130 Å². The number of nitrogens with zero attached hydrogens (tertiary/aromatic N) is 4. The van der Waals surface area contributed by atoms with Crippen LogP contribution in [0.4, 0.5) is 34.1 Å². The van der Waals surface area contributed by atoms with E-state index in [9.17, 15) is 123 Å². The molecule has 38 nitrogen and oxygen atoms in total. The number of hydrogen-bond acceptors (Lipinski definition) is 38. The maximum absolute atomic E-state index is 14.0. The van der Waals surface area contributed by atoms with Gasteiger partial charge in [0.15, 0.2) is 0 Å². The molecule has 520 valence electrons. The van der Waals surface area contributed by atoms with Gasteiger partial charge in [-0.1, -0.05) is 36.4 Å².